The second kappa shape index (κ2) is 7.79. The Morgan fingerprint density at radius 2 is 1.43 bits per heavy atom. The topological polar surface area (TPSA) is 101 Å². The summed E-state index contributed by atoms with van der Waals surface area (Å²) in [6, 6.07) is 0. The van der Waals surface area contributed by atoms with Crippen LogP contribution < -0.4 is 0 Å². The lowest BCUT2D eigenvalue weighted by atomic mass is 9.33. The van der Waals surface area contributed by atoms with Crippen LogP contribution in [0.2, 0.25) is 0 Å². The fourth-order valence-electron chi connectivity index (χ4n) is 11.0. The lowest BCUT2D eigenvalue weighted by Crippen LogP contribution is -2.69. The third-order valence-electron chi connectivity index (χ3n) is 13.3. The number of aliphatic hydroxyl groups excluding tert-OH is 5. The third-order valence-corrected chi connectivity index (χ3v) is 13.3. The van der Waals surface area contributed by atoms with Crippen LogP contribution >= 0.6 is 0 Å². The van der Waals surface area contributed by atoms with E-state index in [0.717, 1.165) is 38.5 Å². The lowest BCUT2D eigenvalue weighted by Gasteiger charge is -2.72. The van der Waals surface area contributed by atoms with Gasteiger partial charge in [0.05, 0.1) is 36.9 Å². The summed E-state index contributed by atoms with van der Waals surface area (Å²) in [6.45, 7) is 13.5. The van der Waals surface area contributed by atoms with Crippen LogP contribution in [-0.4, -0.2) is 57.1 Å². The summed E-state index contributed by atoms with van der Waals surface area (Å²) in [7, 11) is 0. The summed E-state index contributed by atoms with van der Waals surface area (Å²) in [5, 5.41) is 55.1. The lowest BCUT2D eigenvalue weighted by molar-refractivity contribution is -0.240. The first-order valence-electron chi connectivity index (χ1n) is 14.1. The van der Waals surface area contributed by atoms with E-state index in [1.54, 1.807) is 0 Å². The van der Waals surface area contributed by atoms with Gasteiger partial charge in [-0.25, -0.2) is 0 Å². The third kappa shape index (κ3) is 3.05. The Morgan fingerprint density at radius 1 is 0.771 bits per heavy atom. The average Bonchev–Trinajstić information content (AvgIpc) is 2.76. The Kier molecular flexibility index (Phi) is 5.82. The molecule has 0 saturated heterocycles. The van der Waals surface area contributed by atoms with Crippen molar-refractivity contribution >= 4 is 0 Å². The molecule has 0 spiro atoms. The van der Waals surface area contributed by atoms with Gasteiger partial charge in [0, 0.05) is 5.41 Å². The zero-order valence-corrected chi connectivity index (χ0v) is 22.8. The van der Waals surface area contributed by atoms with Crippen LogP contribution in [0.3, 0.4) is 0 Å². The Labute approximate surface area is 212 Å². The van der Waals surface area contributed by atoms with E-state index in [0.29, 0.717) is 18.8 Å². The molecule has 5 N–H and O–H groups in total. The predicted molar refractivity (Wildman–Crippen MR) is 136 cm³/mol. The van der Waals surface area contributed by atoms with E-state index in [4.69, 9.17) is 0 Å². The van der Waals surface area contributed by atoms with Crippen molar-refractivity contribution in [2.45, 2.75) is 111 Å². The highest BCUT2D eigenvalue weighted by molar-refractivity contribution is 5.35. The van der Waals surface area contributed by atoms with E-state index in [1.165, 1.54) is 5.57 Å². The Hall–Kier alpha value is -0.460. The molecule has 35 heavy (non-hydrogen) atoms. The normalized spacial score (nSPS) is 57.3. The second-order valence-electron chi connectivity index (χ2n) is 15.1. The summed E-state index contributed by atoms with van der Waals surface area (Å²) in [5.74, 6) is 0.635. The molecule has 0 unspecified atom stereocenters. The smallest absolute Gasteiger partial charge is 0.0657 e. The highest BCUT2D eigenvalue weighted by Crippen LogP contribution is 2.75. The van der Waals surface area contributed by atoms with E-state index in [1.807, 2.05) is 0 Å². The van der Waals surface area contributed by atoms with Crippen molar-refractivity contribution in [3.05, 3.63) is 11.6 Å². The Balaban J connectivity index is 1.62. The van der Waals surface area contributed by atoms with Gasteiger partial charge in [-0.3, -0.25) is 0 Å². The van der Waals surface area contributed by atoms with E-state index in [9.17, 15) is 25.5 Å². The molecule has 0 aliphatic heterocycles. The van der Waals surface area contributed by atoms with Crippen molar-refractivity contribution in [2.24, 2.45) is 50.2 Å². The van der Waals surface area contributed by atoms with Crippen molar-refractivity contribution in [3.8, 4) is 0 Å². The van der Waals surface area contributed by atoms with Gasteiger partial charge in [0.1, 0.15) is 0 Å². The number of hydrogen-bond donors (Lipinski definition) is 5. The maximum Gasteiger partial charge on any atom is 0.0657 e. The molecule has 0 aromatic carbocycles. The molecule has 5 aliphatic carbocycles. The number of fused-ring (bicyclic) bond motifs is 7. The maximum absolute atomic E-state index is 11.7. The Morgan fingerprint density at radius 3 is 2.06 bits per heavy atom. The van der Waals surface area contributed by atoms with Crippen molar-refractivity contribution in [1.29, 1.82) is 0 Å². The molecule has 4 saturated carbocycles. The fraction of sp³-hybridized carbons (Fsp3) is 0.933. The van der Waals surface area contributed by atoms with Crippen LogP contribution in [0.1, 0.15) is 92.9 Å². The summed E-state index contributed by atoms with van der Waals surface area (Å²) >= 11 is 0. The highest BCUT2D eigenvalue weighted by atomic mass is 16.3. The molecule has 0 aromatic rings. The van der Waals surface area contributed by atoms with E-state index in [2.05, 4.69) is 47.6 Å². The van der Waals surface area contributed by atoms with Crippen LogP contribution in [0, 0.1) is 50.2 Å². The SMILES string of the molecule is CC1(C)C[C@H](O)[C@]2(CO)[C@@H](O)C[C@]3(C)C(=CC[C@@H]4[C@@]5(C)CC[C@H](O)[C@@](C)(CO)[C@@H]5CC[C@]43C)[C@@H]2C1. The first-order chi connectivity index (χ1) is 16.2. The van der Waals surface area contributed by atoms with Gasteiger partial charge < -0.3 is 25.5 Å². The van der Waals surface area contributed by atoms with Crippen LogP contribution in [0.15, 0.2) is 11.6 Å². The maximum atomic E-state index is 11.7. The van der Waals surface area contributed by atoms with Crippen LogP contribution in [0.25, 0.3) is 0 Å². The molecule has 200 valence electrons. The van der Waals surface area contributed by atoms with Gasteiger partial charge in [-0.05, 0) is 90.8 Å². The van der Waals surface area contributed by atoms with Crippen molar-refractivity contribution in [2.75, 3.05) is 13.2 Å². The van der Waals surface area contributed by atoms with E-state index >= 15 is 0 Å². The summed E-state index contributed by atoms with van der Waals surface area (Å²) in [6.07, 6.45) is 7.18. The van der Waals surface area contributed by atoms with Gasteiger partial charge in [0.25, 0.3) is 0 Å². The zero-order valence-electron chi connectivity index (χ0n) is 22.8. The van der Waals surface area contributed by atoms with Gasteiger partial charge in [-0.2, -0.15) is 0 Å². The fourth-order valence-corrected chi connectivity index (χ4v) is 11.0. The molecule has 0 radical (unpaired) electrons. The number of allylic oxidation sites excluding steroid dienone is 2. The van der Waals surface area contributed by atoms with Gasteiger partial charge in [0.15, 0.2) is 0 Å². The predicted octanol–water partition coefficient (Wildman–Crippen LogP) is 4.06. The minimum atomic E-state index is -0.879. The molecule has 11 atom stereocenters. The first-order valence-corrected chi connectivity index (χ1v) is 14.1. The molecule has 0 aromatic heterocycles. The number of aliphatic hydroxyl groups is 5. The van der Waals surface area contributed by atoms with Gasteiger partial charge in [0.2, 0.25) is 0 Å². The highest BCUT2D eigenvalue weighted by Gasteiger charge is 2.71. The van der Waals surface area contributed by atoms with Crippen LogP contribution in [0.5, 0.6) is 0 Å². The van der Waals surface area contributed by atoms with E-state index < -0.39 is 29.1 Å². The minimum absolute atomic E-state index is 0.0105. The number of rotatable bonds is 2. The molecule has 5 heteroatoms. The number of hydrogen-bond acceptors (Lipinski definition) is 5. The molecule has 5 aliphatic rings. The van der Waals surface area contributed by atoms with Gasteiger partial charge in [-0.15, -0.1) is 0 Å². The molecule has 0 bridgehead atoms. The molecule has 5 rings (SSSR count). The molecule has 4 fully saturated rings. The summed E-state index contributed by atoms with van der Waals surface area (Å²) in [4.78, 5) is 0. The van der Waals surface area contributed by atoms with Crippen LogP contribution in [-0.2, 0) is 0 Å². The van der Waals surface area contributed by atoms with Gasteiger partial charge >= 0.3 is 0 Å². The molecule has 5 nitrogen and oxygen atoms in total. The van der Waals surface area contributed by atoms with Crippen LogP contribution in [0.4, 0.5) is 0 Å². The van der Waals surface area contributed by atoms with Crippen molar-refractivity contribution in [1.82, 2.24) is 0 Å². The second-order valence-corrected chi connectivity index (χ2v) is 15.1. The summed E-state index contributed by atoms with van der Waals surface area (Å²) in [5.41, 5.74) is -0.279. The first kappa shape index (κ1) is 26.2. The van der Waals surface area contributed by atoms with Crippen molar-refractivity contribution in [3.63, 3.8) is 0 Å². The van der Waals surface area contributed by atoms with E-state index in [-0.39, 0.29) is 46.7 Å². The van der Waals surface area contributed by atoms with Crippen molar-refractivity contribution < 1.29 is 25.5 Å². The molecular formula is C30H50O5. The molecule has 0 heterocycles. The summed E-state index contributed by atoms with van der Waals surface area (Å²) < 4.78 is 0. The standard InChI is InChI=1S/C30H50O5/c1-25(2)13-19-18-7-8-21-26(3)11-10-22(33)27(4,16-31)20(26)9-12-28(21,5)29(18,6)15-24(35)30(19,17-32)23(34)14-25/h7,19-24,31-35H,8-17H2,1-6H3/t19-,20+,21+,22-,23-,24-,26-,27-,28+,29+,30+/m0/s1. The molecular weight excluding hydrogens is 440 g/mol. The quantitative estimate of drug-likeness (QED) is 0.376. The average molecular weight is 491 g/mol. The zero-order chi connectivity index (χ0) is 25.8. The largest absolute Gasteiger partial charge is 0.396 e. The monoisotopic (exact) mass is 490 g/mol. The van der Waals surface area contributed by atoms with Gasteiger partial charge in [-0.1, -0.05) is 53.2 Å². The Bertz CT molecular complexity index is 899. The minimum Gasteiger partial charge on any atom is -0.396 e. The molecule has 0 amide bonds.